The summed E-state index contributed by atoms with van der Waals surface area (Å²) in [5, 5.41) is 2.44. The summed E-state index contributed by atoms with van der Waals surface area (Å²) in [6.07, 6.45) is 0. The summed E-state index contributed by atoms with van der Waals surface area (Å²) in [5.74, 6) is 2.15. The van der Waals surface area contributed by atoms with Gasteiger partial charge in [-0.15, -0.1) is 0 Å². The molecular formula is C36H29N3. The fourth-order valence-corrected chi connectivity index (χ4v) is 6.42. The van der Waals surface area contributed by atoms with Gasteiger partial charge in [0.15, 0.2) is 17.5 Å². The van der Waals surface area contributed by atoms with E-state index in [-0.39, 0.29) is 0 Å². The molecule has 0 amide bonds. The minimum atomic E-state index is 0.705. The van der Waals surface area contributed by atoms with Gasteiger partial charge in [-0.1, -0.05) is 84.4 Å². The van der Waals surface area contributed by atoms with E-state index in [1.807, 2.05) is 0 Å². The number of fused-ring (bicyclic) bond motifs is 3. The van der Waals surface area contributed by atoms with E-state index in [9.17, 15) is 0 Å². The average Bonchev–Trinajstić information content (AvgIpc) is 3.24. The first-order valence-electron chi connectivity index (χ1n) is 13.5. The average molecular weight is 504 g/mol. The van der Waals surface area contributed by atoms with Gasteiger partial charge >= 0.3 is 0 Å². The summed E-state index contributed by atoms with van der Waals surface area (Å²) < 4.78 is 0. The summed E-state index contributed by atoms with van der Waals surface area (Å²) in [4.78, 5) is 15.4. The normalized spacial score (nSPS) is 11.7. The fourth-order valence-electron chi connectivity index (χ4n) is 6.42. The molecule has 0 saturated heterocycles. The van der Waals surface area contributed by atoms with Gasteiger partial charge in [0, 0.05) is 16.7 Å². The molecule has 39 heavy (non-hydrogen) atoms. The van der Waals surface area contributed by atoms with Crippen LogP contribution in [0.25, 0.3) is 67.2 Å². The Balaban J connectivity index is 1.54. The van der Waals surface area contributed by atoms with Crippen molar-refractivity contribution in [2.24, 2.45) is 0 Å². The molecule has 0 fully saturated rings. The maximum Gasteiger partial charge on any atom is 0.164 e. The van der Waals surface area contributed by atoms with Crippen LogP contribution in [0.3, 0.4) is 0 Å². The number of hydrogen-bond acceptors (Lipinski definition) is 3. The van der Waals surface area contributed by atoms with E-state index in [2.05, 4.69) is 120 Å². The Labute approximate surface area is 229 Å². The van der Waals surface area contributed by atoms with Crippen molar-refractivity contribution in [3.8, 4) is 56.4 Å². The summed E-state index contributed by atoms with van der Waals surface area (Å²) in [6.45, 7) is 10.7. The van der Waals surface area contributed by atoms with Crippen molar-refractivity contribution in [3.63, 3.8) is 0 Å². The van der Waals surface area contributed by atoms with Crippen LogP contribution in [0.4, 0.5) is 0 Å². The first-order valence-corrected chi connectivity index (χ1v) is 13.5. The second-order valence-electron chi connectivity index (χ2n) is 10.8. The highest BCUT2D eigenvalue weighted by molar-refractivity contribution is 6.18. The molecule has 0 atom stereocenters. The number of aromatic nitrogens is 3. The Morgan fingerprint density at radius 3 is 1.54 bits per heavy atom. The molecule has 188 valence electrons. The standard InChI is InChI=1S/C36H29N3/c1-20-18-23(4)32(24(5)19-20)36-38-34(37-35(39-36)31-21(2)10-8-11-22(31)3)30-17-16-29-26-13-7-6-12-25(26)27-14-9-15-28(30)33(27)29/h6-19H,1-5H3. The number of hydrogen-bond donors (Lipinski definition) is 0. The van der Waals surface area contributed by atoms with Crippen LogP contribution in [-0.4, -0.2) is 15.0 Å². The van der Waals surface area contributed by atoms with E-state index in [1.54, 1.807) is 0 Å². The van der Waals surface area contributed by atoms with Crippen LogP contribution in [0.5, 0.6) is 0 Å². The van der Waals surface area contributed by atoms with Gasteiger partial charge in [-0.2, -0.15) is 0 Å². The molecule has 5 aromatic carbocycles. The minimum Gasteiger partial charge on any atom is -0.208 e. The van der Waals surface area contributed by atoms with Crippen LogP contribution in [-0.2, 0) is 0 Å². The zero-order chi connectivity index (χ0) is 26.8. The molecule has 0 bridgehead atoms. The molecule has 0 aliphatic heterocycles. The molecule has 1 aliphatic rings. The van der Waals surface area contributed by atoms with Crippen molar-refractivity contribution in [1.82, 2.24) is 15.0 Å². The van der Waals surface area contributed by atoms with E-state index in [4.69, 9.17) is 15.0 Å². The van der Waals surface area contributed by atoms with Crippen LogP contribution in [0, 0.1) is 34.6 Å². The highest BCUT2D eigenvalue weighted by atomic mass is 15.0. The zero-order valence-corrected chi connectivity index (χ0v) is 22.9. The topological polar surface area (TPSA) is 38.7 Å². The summed E-state index contributed by atoms with van der Waals surface area (Å²) in [5.41, 5.74) is 14.2. The van der Waals surface area contributed by atoms with Crippen molar-refractivity contribution >= 4 is 10.8 Å². The van der Waals surface area contributed by atoms with Crippen molar-refractivity contribution in [2.75, 3.05) is 0 Å². The lowest BCUT2D eigenvalue weighted by Gasteiger charge is -2.15. The Morgan fingerprint density at radius 1 is 0.410 bits per heavy atom. The Kier molecular flexibility index (Phi) is 5.24. The molecule has 7 rings (SSSR count). The van der Waals surface area contributed by atoms with Gasteiger partial charge in [-0.05, 0) is 96.0 Å². The summed E-state index contributed by atoms with van der Waals surface area (Å²) in [7, 11) is 0. The number of rotatable bonds is 3. The molecule has 0 saturated carbocycles. The second kappa shape index (κ2) is 8.71. The van der Waals surface area contributed by atoms with Crippen LogP contribution >= 0.6 is 0 Å². The molecule has 3 heteroatoms. The van der Waals surface area contributed by atoms with E-state index in [0.717, 1.165) is 39.5 Å². The predicted octanol–water partition coefficient (Wildman–Crippen LogP) is 9.22. The molecule has 0 unspecified atom stereocenters. The van der Waals surface area contributed by atoms with Gasteiger partial charge in [-0.25, -0.2) is 15.0 Å². The number of benzene rings is 5. The van der Waals surface area contributed by atoms with Crippen molar-refractivity contribution in [3.05, 3.63) is 113 Å². The lowest BCUT2D eigenvalue weighted by atomic mass is 9.97. The Hall–Kier alpha value is -4.63. The third-order valence-electron chi connectivity index (χ3n) is 8.03. The maximum atomic E-state index is 5.17. The van der Waals surface area contributed by atoms with Crippen LogP contribution in [0.1, 0.15) is 27.8 Å². The first kappa shape index (κ1) is 23.5. The van der Waals surface area contributed by atoms with Crippen molar-refractivity contribution < 1.29 is 0 Å². The minimum absolute atomic E-state index is 0.705. The van der Waals surface area contributed by atoms with E-state index in [1.165, 1.54) is 49.7 Å². The fraction of sp³-hybridized carbons (Fsp3) is 0.139. The maximum absolute atomic E-state index is 5.17. The molecular weight excluding hydrogens is 474 g/mol. The molecule has 6 aromatic rings. The molecule has 3 nitrogen and oxygen atoms in total. The molecule has 0 N–H and O–H groups in total. The van der Waals surface area contributed by atoms with Gasteiger partial charge in [0.1, 0.15) is 0 Å². The largest absolute Gasteiger partial charge is 0.208 e. The Bertz CT molecular complexity index is 1890. The lowest BCUT2D eigenvalue weighted by molar-refractivity contribution is 1.06. The van der Waals surface area contributed by atoms with E-state index < -0.39 is 0 Å². The first-order chi connectivity index (χ1) is 18.9. The summed E-state index contributed by atoms with van der Waals surface area (Å²) >= 11 is 0. The molecule has 1 aliphatic carbocycles. The monoisotopic (exact) mass is 503 g/mol. The summed E-state index contributed by atoms with van der Waals surface area (Å²) in [6, 6.07) is 30.4. The second-order valence-corrected chi connectivity index (χ2v) is 10.8. The van der Waals surface area contributed by atoms with Crippen molar-refractivity contribution in [1.29, 1.82) is 0 Å². The van der Waals surface area contributed by atoms with Crippen LogP contribution in [0.15, 0.2) is 84.9 Å². The van der Waals surface area contributed by atoms with Gasteiger partial charge in [0.05, 0.1) is 0 Å². The molecule has 1 heterocycles. The van der Waals surface area contributed by atoms with Gasteiger partial charge in [-0.3, -0.25) is 0 Å². The predicted molar refractivity (Wildman–Crippen MR) is 162 cm³/mol. The third-order valence-corrected chi connectivity index (χ3v) is 8.03. The van der Waals surface area contributed by atoms with Crippen LogP contribution in [0.2, 0.25) is 0 Å². The number of nitrogens with zero attached hydrogens (tertiary/aromatic N) is 3. The zero-order valence-electron chi connectivity index (χ0n) is 22.9. The van der Waals surface area contributed by atoms with Crippen LogP contribution < -0.4 is 0 Å². The Morgan fingerprint density at radius 2 is 0.897 bits per heavy atom. The van der Waals surface area contributed by atoms with Gasteiger partial charge in [0.25, 0.3) is 0 Å². The lowest BCUT2D eigenvalue weighted by Crippen LogP contribution is -2.04. The highest BCUT2D eigenvalue weighted by Gasteiger charge is 2.24. The molecule has 1 aromatic heterocycles. The third kappa shape index (κ3) is 3.61. The molecule has 0 radical (unpaired) electrons. The van der Waals surface area contributed by atoms with Gasteiger partial charge in [0.2, 0.25) is 0 Å². The van der Waals surface area contributed by atoms with Gasteiger partial charge < -0.3 is 0 Å². The van der Waals surface area contributed by atoms with E-state index in [0.29, 0.717) is 5.82 Å². The van der Waals surface area contributed by atoms with E-state index >= 15 is 0 Å². The molecule has 0 spiro atoms. The highest BCUT2D eigenvalue weighted by Crippen LogP contribution is 2.49. The quantitative estimate of drug-likeness (QED) is 0.241. The number of aryl methyl sites for hydroxylation is 5. The smallest absolute Gasteiger partial charge is 0.164 e. The van der Waals surface area contributed by atoms with Crippen molar-refractivity contribution in [2.45, 2.75) is 34.6 Å². The SMILES string of the molecule is Cc1cc(C)c(-c2nc(-c3c(C)cccc3C)nc(-c3ccc4c5c(cccc35)-c3ccccc3-4)n2)c(C)c1.